The number of carbonyl (C=O) groups is 1. The van der Waals surface area contributed by atoms with Gasteiger partial charge in [0, 0.05) is 36.5 Å². The summed E-state index contributed by atoms with van der Waals surface area (Å²) in [6.45, 7) is 1.77. The van der Waals surface area contributed by atoms with Crippen LogP contribution in [0.25, 0.3) is 0 Å². The number of pyridine rings is 1. The number of carboxylic acid groups (broad SMARTS) is 1. The molecule has 1 aromatic rings. The molecule has 1 atom stereocenters. The largest absolute Gasteiger partial charge is 0.480 e. The second kappa shape index (κ2) is 4.72. The van der Waals surface area contributed by atoms with E-state index < -0.39 is 11.5 Å². The molecule has 0 spiro atoms. The Morgan fingerprint density at radius 1 is 1.65 bits per heavy atom. The summed E-state index contributed by atoms with van der Waals surface area (Å²) in [5.41, 5.74) is 5.76. The van der Waals surface area contributed by atoms with Gasteiger partial charge in [-0.15, -0.1) is 0 Å². The number of hydrogen-bond acceptors (Lipinski definition) is 4. The second-order valence-corrected chi connectivity index (χ2v) is 5.35. The lowest BCUT2D eigenvalue weighted by Gasteiger charge is -2.19. The minimum atomic E-state index is -1.10. The number of hydrogen-bond donors (Lipinski definition) is 2. The van der Waals surface area contributed by atoms with Crippen LogP contribution in [-0.2, 0) is 11.3 Å². The molecule has 92 valence electrons. The number of halogens is 1. The Balaban J connectivity index is 2.01. The van der Waals surface area contributed by atoms with Gasteiger partial charge >= 0.3 is 5.97 Å². The first-order valence-corrected chi connectivity index (χ1v) is 6.13. The molecule has 2 heterocycles. The molecule has 0 bridgehead atoms. The average Bonchev–Trinajstić information content (AvgIpc) is 2.61. The summed E-state index contributed by atoms with van der Waals surface area (Å²) < 4.78 is 0.923. The molecule has 6 heteroatoms. The molecule has 0 amide bonds. The Bertz CT molecular complexity index is 440. The Morgan fingerprint density at radius 2 is 2.41 bits per heavy atom. The summed E-state index contributed by atoms with van der Waals surface area (Å²) >= 11 is 3.36. The van der Waals surface area contributed by atoms with Gasteiger partial charge in [0.15, 0.2) is 0 Å². The Kier molecular flexibility index (Phi) is 3.46. The molecule has 3 N–H and O–H groups in total. The van der Waals surface area contributed by atoms with Gasteiger partial charge in [-0.2, -0.15) is 0 Å². The molecular formula is C11H14BrN3O2. The quantitative estimate of drug-likeness (QED) is 0.864. The minimum absolute atomic E-state index is 0.384. The lowest BCUT2D eigenvalue weighted by Crippen LogP contribution is -2.50. The first kappa shape index (κ1) is 12.5. The highest BCUT2D eigenvalue weighted by Crippen LogP contribution is 2.21. The van der Waals surface area contributed by atoms with E-state index in [2.05, 4.69) is 20.9 Å². The number of carboxylic acids is 1. The van der Waals surface area contributed by atoms with Gasteiger partial charge in [-0.25, -0.2) is 0 Å². The molecule has 5 nitrogen and oxygen atoms in total. The SMILES string of the molecule is NC1(C(=O)O)CCN(Cc2cncc(Br)c2)C1. The summed E-state index contributed by atoms with van der Waals surface area (Å²) in [6, 6.07) is 1.98. The van der Waals surface area contributed by atoms with Crippen molar-refractivity contribution < 1.29 is 9.90 Å². The summed E-state index contributed by atoms with van der Waals surface area (Å²) in [4.78, 5) is 17.1. The summed E-state index contributed by atoms with van der Waals surface area (Å²) in [7, 11) is 0. The first-order valence-electron chi connectivity index (χ1n) is 5.34. The zero-order chi connectivity index (χ0) is 12.5. The topological polar surface area (TPSA) is 79.5 Å². The van der Waals surface area contributed by atoms with Gasteiger partial charge in [-0.3, -0.25) is 14.7 Å². The Labute approximate surface area is 108 Å². The van der Waals surface area contributed by atoms with Crippen molar-refractivity contribution in [2.75, 3.05) is 13.1 Å². The zero-order valence-electron chi connectivity index (χ0n) is 9.27. The van der Waals surface area contributed by atoms with E-state index in [0.717, 1.165) is 10.0 Å². The lowest BCUT2D eigenvalue weighted by molar-refractivity contribution is -0.142. The highest BCUT2D eigenvalue weighted by molar-refractivity contribution is 9.10. The van der Waals surface area contributed by atoms with Gasteiger partial charge in [0.1, 0.15) is 5.54 Å². The van der Waals surface area contributed by atoms with Gasteiger partial charge in [-0.05, 0) is 34.0 Å². The maximum absolute atomic E-state index is 11.0. The van der Waals surface area contributed by atoms with Crippen LogP contribution in [0.2, 0.25) is 0 Å². The van der Waals surface area contributed by atoms with Gasteiger partial charge in [0.25, 0.3) is 0 Å². The van der Waals surface area contributed by atoms with Crippen LogP contribution in [-0.4, -0.2) is 39.6 Å². The van der Waals surface area contributed by atoms with Gasteiger partial charge < -0.3 is 10.8 Å². The molecule has 1 aliphatic rings. The lowest BCUT2D eigenvalue weighted by atomic mass is 10.0. The number of rotatable bonds is 3. The molecule has 1 unspecified atom stereocenters. The fourth-order valence-electron chi connectivity index (χ4n) is 2.02. The molecule has 0 aromatic carbocycles. The Morgan fingerprint density at radius 3 is 3.00 bits per heavy atom. The normalized spacial score (nSPS) is 25.1. The monoisotopic (exact) mass is 299 g/mol. The van der Waals surface area contributed by atoms with E-state index in [0.29, 0.717) is 26.1 Å². The number of aromatic nitrogens is 1. The van der Waals surface area contributed by atoms with Crippen molar-refractivity contribution in [2.45, 2.75) is 18.5 Å². The van der Waals surface area contributed by atoms with Crippen molar-refractivity contribution in [2.24, 2.45) is 5.73 Å². The third-order valence-electron chi connectivity index (χ3n) is 2.97. The molecule has 1 aromatic heterocycles. The van der Waals surface area contributed by atoms with E-state index in [1.54, 1.807) is 12.4 Å². The van der Waals surface area contributed by atoms with Crippen molar-refractivity contribution in [3.63, 3.8) is 0 Å². The van der Waals surface area contributed by atoms with Crippen LogP contribution in [0, 0.1) is 0 Å². The molecule has 0 saturated carbocycles. The fraction of sp³-hybridized carbons (Fsp3) is 0.455. The zero-order valence-corrected chi connectivity index (χ0v) is 10.9. The van der Waals surface area contributed by atoms with Crippen LogP contribution >= 0.6 is 15.9 Å². The van der Waals surface area contributed by atoms with Crippen molar-refractivity contribution in [1.29, 1.82) is 0 Å². The molecular weight excluding hydrogens is 286 g/mol. The highest BCUT2D eigenvalue weighted by Gasteiger charge is 2.40. The van der Waals surface area contributed by atoms with Crippen LogP contribution in [0.15, 0.2) is 22.9 Å². The van der Waals surface area contributed by atoms with E-state index in [1.165, 1.54) is 0 Å². The van der Waals surface area contributed by atoms with Crippen LogP contribution in [0.5, 0.6) is 0 Å². The van der Waals surface area contributed by atoms with Crippen molar-refractivity contribution in [3.8, 4) is 0 Å². The van der Waals surface area contributed by atoms with Gasteiger partial charge in [0.05, 0.1) is 0 Å². The van der Waals surface area contributed by atoms with Crippen LogP contribution in [0.3, 0.4) is 0 Å². The summed E-state index contributed by atoms with van der Waals surface area (Å²) in [5.74, 6) is -0.924. The van der Waals surface area contributed by atoms with Crippen molar-refractivity contribution in [3.05, 3.63) is 28.5 Å². The molecule has 0 radical (unpaired) electrons. The second-order valence-electron chi connectivity index (χ2n) is 4.43. The molecule has 0 aliphatic carbocycles. The van der Waals surface area contributed by atoms with Crippen LogP contribution in [0.4, 0.5) is 0 Å². The van der Waals surface area contributed by atoms with E-state index in [1.807, 2.05) is 11.0 Å². The Hall–Kier alpha value is -0.980. The molecule has 1 saturated heterocycles. The van der Waals surface area contributed by atoms with E-state index in [-0.39, 0.29) is 0 Å². The summed E-state index contributed by atoms with van der Waals surface area (Å²) in [5, 5.41) is 9.03. The van der Waals surface area contributed by atoms with E-state index >= 15 is 0 Å². The first-order chi connectivity index (χ1) is 7.99. The molecule has 2 rings (SSSR count). The van der Waals surface area contributed by atoms with Gasteiger partial charge in [0.2, 0.25) is 0 Å². The van der Waals surface area contributed by atoms with Crippen LogP contribution < -0.4 is 5.73 Å². The van der Waals surface area contributed by atoms with Crippen LogP contribution in [0.1, 0.15) is 12.0 Å². The van der Waals surface area contributed by atoms with Crippen molar-refractivity contribution >= 4 is 21.9 Å². The molecule has 1 aliphatic heterocycles. The number of nitrogens with two attached hydrogens (primary N) is 1. The maximum Gasteiger partial charge on any atom is 0.325 e. The smallest absolute Gasteiger partial charge is 0.325 e. The number of nitrogens with zero attached hydrogens (tertiary/aromatic N) is 2. The number of aliphatic carboxylic acids is 1. The fourth-order valence-corrected chi connectivity index (χ4v) is 2.44. The van der Waals surface area contributed by atoms with E-state index in [9.17, 15) is 4.79 Å². The molecule has 1 fully saturated rings. The third kappa shape index (κ3) is 2.83. The van der Waals surface area contributed by atoms with Crippen molar-refractivity contribution in [1.82, 2.24) is 9.88 Å². The highest BCUT2D eigenvalue weighted by atomic mass is 79.9. The number of likely N-dealkylation sites (tertiary alicyclic amines) is 1. The maximum atomic E-state index is 11.0. The average molecular weight is 300 g/mol. The standard InChI is InChI=1S/C11H14BrN3O2/c12-9-3-8(4-14-5-9)6-15-2-1-11(13,7-15)10(16)17/h3-5H,1-2,6-7,13H2,(H,16,17). The van der Waals surface area contributed by atoms with Gasteiger partial charge in [-0.1, -0.05) is 0 Å². The molecule has 17 heavy (non-hydrogen) atoms. The third-order valence-corrected chi connectivity index (χ3v) is 3.41. The van der Waals surface area contributed by atoms with E-state index in [4.69, 9.17) is 10.8 Å². The predicted octanol–water partition coefficient (Wildman–Crippen LogP) is 0.832. The summed E-state index contributed by atoms with van der Waals surface area (Å²) in [6.07, 6.45) is 3.99. The minimum Gasteiger partial charge on any atom is -0.480 e. The predicted molar refractivity (Wildman–Crippen MR) is 66.4 cm³/mol.